The van der Waals surface area contributed by atoms with Crippen molar-refractivity contribution in [3.8, 4) is 11.5 Å². The number of fused-ring (bicyclic) bond motifs is 2. The van der Waals surface area contributed by atoms with E-state index in [1.807, 2.05) is 18.2 Å². The molecule has 3 atom stereocenters. The van der Waals surface area contributed by atoms with Crippen LogP contribution in [0.1, 0.15) is 71.5 Å². The molecule has 0 spiro atoms. The molecule has 37 heavy (non-hydrogen) atoms. The van der Waals surface area contributed by atoms with E-state index in [1.54, 1.807) is 12.1 Å². The van der Waals surface area contributed by atoms with Crippen LogP contribution in [0.25, 0.3) is 0 Å². The molecule has 5 N–H and O–H groups in total. The Morgan fingerprint density at radius 2 is 1.84 bits per heavy atom. The van der Waals surface area contributed by atoms with Crippen LogP contribution in [-0.2, 0) is 22.4 Å². The van der Waals surface area contributed by atoms with Crippen LogP contribution in [0.5, 0.6) is 11.5 Å². The van der Waals surface area contributed by atoms with Gasteiger partial charge in [-0.1, -0.05) is 36.8 Å². The highest BCUT2D eigenvalue weighted by Crippen LogP contribution is 2.42. The van der Waals surface area contributed by atoms with Gasteiger partial charge in [0.25, 0.3) is 0 Å². The summed E-state index contributed by atoms with van der Waals surface area (Å²) in [5.74, 6) is -1.67. The van der Waals surface area contributed by atoms with Crippen molar-refractivity contribution in [1.82, 2.24) is 5.32 Å². The predicted octanol–water partition coefficient (Wildman–Crippen LogP) is 3.28. The molecular weight excluding hydrogens is 476 g/mol. The van der Waals surface area contributed by atoms with Gasteiger partial charge in [0.15, 0.2) is 11.5 Å². The summed E-state index contributed by atoms with van der Waals surface area (Å²) in [6.07, 6.45) is 3.88. The molecule has 9 heteroatoms. The van der Waals surface area contributed by atoms with Crippen LogP contribution in [-0.4, -0.2) is 53.4 Å². The van der Waals surface area contributed by atoms with Crippen LogP contribution in [0, 0.1) is 0 Å². The van der Waals surface area contributed by atoms with Crippen molar-refractivity contribution in [2.45, 2.75) is 69.4 Å². The Labute approximate surface area is 216 Å². The molecule has 198 valence electrons. The quantitative estimate of drug-likeness (QED) is 0.318. The normalized spacial score (nSPS) is 19.8. The Bertz CT molecular complexity index is 1150. The number of carbonyl (C=O) groups is 3. The highest BCUT2D eigenvalue weighted by Gasteiger charge is 2.36. The molecule has 2 aliphatic rings. The van der Waals surface area contributed by atoms with Crippen molar-refractivity contribution in [1.29, 1.82) is 0 Å². The summed E-state index contributed by atoms with van der Waals surface area (Å²) in [6.45, 7) is 0.700. The molecule has 0 fully saturated rings. The molecule has 4 rings (SSSR count). The van der Waals surface area contributed by atoms with E-state index in [2.05, 4.69) is 11.4 Å². The SMILES string of the molecule is NCCCCCC(=O)N[C@H]1Cc2ccccc2[C@H]1Cc1ccc2c(c1C(=O)O)OC[C@@H](CCC(=O)O)O2. The largest absolute Gasteiger partial charge is 0.485 e. The van der Waals surface area contributed by atoms with Gasteiger partial charge in [0.2, 0.25) is 5.91 Å². The van der Waals surface area contributed by atoms with E-state index in [-0.39, 0.29) is 48.6 Å². The van der Waals surface area contributed by atoms with E-state index >= 15 is 0 Å². The molecule has 0 saturated carbocycles. The molecule has 2 aromatic rings. The van der Waals surface area contributed by atoms with Gasteiger partial charge in [0, 0.05) is 24.8 Å². The number of hydrogen-bond acceptors (Lipinski definition) is 6. The minimum absolute atomic E-state index is 0.00661. The van der Waals surface area contributed by atoms with Crippen LogP contribution in [0.15, 0.2) is 36.4 Å². The van der Waals surface area contributed by atoms with E-state index in [9.17, 15) is 19.5 Å². The summed E-state index contributed by atoms with van der Waals surface area (Å²) in [5.41, 5.74) is 8.45. The molecule has 1 aliphatic carbocycles. The maximum Gasteiger partial charge on any atom is 0.339 e. The second-order valence-electron chi connectivity index (χ2n) is 9.70. The monoisotopic (exact) mass is 510 g/mol. The zero-order valence-electron chi connectivity index (χ0n) is 20.8. The molecule has 9 nitrogen and oxygen atoms in total. The van der Waals surface area contributed by atoms with E-state index in [1.165, 1.54) is 0 Å². The average Bonchev–Trinajstić information content (AvgIpc) is 3.21. The lowest BCUT2D eigenvalue weighted by Gasteiger charge is -2.29. The molecule has 0 aromatic heterocycles. The number of nitrogens with two attached hydrogens (primary N) is 1. The summed E-state index contributed by atoms with van der Waals surface area (Å²) < 4.78 is 11.7. The van der Waals surface area contributed by atoms with Crippen molar-refractivity contribution in [3.63, 3.8) is 0 Å². The standard InChI is InChI=1S/C28H34N2O7/c29-13-5-1-2-8-24(31)30-22-15-17-6-3-4-7-20(17)21(22)14-18-9-11-23-27(26(18)28(34)35)36-16-19(37-23)10-12-25(32)33/h3-4,6-7,9,11,19,21-22H,1-2,5,8,10,12-16,29H2,(H,30,31)(H,32,33)(H,34,35)/t19-,21-,22+/m1/s1. The van der Waals surface area contributed by atoms with E-state index in [4.69, 9.17) is 20.3 Å². The molecule has 0 saturated heterocycles. The summed E-state index contributed by atoms with van der Waals surface area (Å²) in [5, 5.41) is 22.2. The lowest BCUT2D eigenvalue weighted by molar-refractivity contribution is -0.137. The number of carboxylic acid groups (broad SMARTS) is 2. The minimum atomic E-state index is -1.12. The lowest BCUT2D eigenvalue weighted by Crippen LogP contribution is -2.38. The number of aliphatic carboxylic acids is 1. The Kier molecular flexibility index (Phi) is 8.66. The van der Waals surface area contributed by atoms with E-state index < -0.39 is 18.0 Å². The van der Waals surface area contributed by atoms with Gasteiger partial charge in [0.05, 0.1) is 0 Å². The van der Waals surface area contributed by atoms with Gasteiger partial charge in [-0.05, 0) is 61.4 Å². The first-order valence-corrected chi connectivity index (χ1v) is 12.8. The van der Waals surface area contributed by atoms with Crippen molar-refractivity contribution in [2.24, 2.45) is 5.73 Å². The second-order valence-corrected chi connectivity index (χ2v) is 9.70. The topological polar surface area (TPSA) is 148 Å². The fourth-order valence-electron chi connectivity index (χ4n) is 5.27. The molecule has 1 amide bonds. The van der Waals surface area contributed by atoms with Crippen molar-refractivity contribution < 1.29 is 34.1 Å². The Morgan fingerprint density at radius 3 is 2.59 bits per heavy atom. The van der Waals surface area contributed by atoms with Gasteiger partial charge in [-0.15, -0.1) is 0 Å². The number of hydrogen-bond donors (Lipinski definition) is 4. The van der Waals surface area contributed by atoms with Crippen molar-refractivity contribution in [2.75, 3.05) is 13.2 Å². The molecule has 0 unspecified atom stereocenters. The molecule has 2 aromatic carbocycles. The predicted molar refractivity (Wildman–Crippen MR) is 136 cm³/mol. The third-order valence-corrected chi connectivity index (χ3v) is 7.08. The molecular formula is C28H34N2O7. The molecule has 0 bridgehead atoms. The fourth-order valence-corrected chi connectivity index (χ4v) is 5.27. The average molecular weight is 511 g/mol. The maximum atomic E-state index is 12.7. The maximum absolute atomic E-state index is 12.7. The summed E-state index contributed by atoms with van der Waals surface area (Å²) in [6, 6.07) is 11.3. The Hall–Kier alpha value is -3.59. The number of nitrogens with one attached hydrogen (secondary N) is 1. The van der Waals surface area contributed by atoms with Crippen LogP contribution in [0.4, 0.5) is 0 Å². The number of benzene rings is 2. The minimum Gasteiger partial charge on any atom is -0.485 e. The first-order chi connectivity index (χ1) is 17.9. The number of carboxylic acids is 2. The number of amides is 1. The van der Waals surface area contributed by atoms with Crippen molar-refractivity contribution in [3.05, 3.63) is 58.7 Å². The number of carbonyl (C=O) groups excluding carboxylic acids is 1. The number of ether oxygens (including phenoxy) is 2. The zero-order chi connectivity index (χ0) is 26.4. The Balaban J connectivity index is 1.54. The first-order valence-electron chi connectivity index (χ1n) is 12.8. The summed E-state index contributed by atoms with van der Waals surface area (Å²) >= 11 is 0. The van der Waals surface area contributed by atoms with Gasteiger partial charge in [-0.25, -0.2) is 4.79 Å². The van der Waals surface area contributed by atoms with Crippen molar-refractivity contribution >= 4 is 17.8 Å². The first kappa shape index (κ1) is 26.5. The van der Waals surface area contributed by atoms with Crippen LogP contribution < -0.4 is 20.5 Å². The second kappa shape index (κ2) is 12.1. The van der Waals surface area contributed by atoms with Gasteiger partial charge >= 0.3 is 11.9 Å². The smallest absolute Gasteiger partial charge is 0.339 e. The fraction of sp³-hybridized carbons (Fsp3) is 0.464. The van der Waals surface area contributed by atoms with Crippen LogP contribution in [0.3, 0.4) is 0 Å². The summed E-state index contributed by atoms with van der Waals surface area (Å²) in [7, 11) is 0. The van der Waals surface area contributed by atoms with E-state index in [0.29, 0.717) is 37.1 Å². The van der Waals surface area contributed by atoms with Crippen LogP contribution >= 0.6 is 0 Å². The van der Waals surface area contributed by atoms with Crippen LogP contribution in [0.2, 0.25) is 0 Å². The van der Waals surface area contributed by atoms with E-state index in [0.717, 1.165) is 30.4 Å². The van der Waals surface area contributed by atoms with Gasteiger partial charge in [0.1, 0.15) is 18.3 Å². The summed E-state index contributed by atoms with van der Waals surface area (Å²) in [4.78, 5) is 35.9. The van der Waals surface area contributed by atoms with Gasteiger partial charge < -0.3 is 30.7 Å². The molecule has 1 heterocycles. The molecule has 0 radical (unpaired) electrons. The van der Waals surface area contributed by atoms with Gasteiger partial charge in [-0.2, -0.15) is 0 Å². The lowest BCUT2D eigenvalue weighted by atomic mass is 9.88. The third kappa shape index (κ3) is 6.40. The van der Waals surface area contributed by atoms with Gasteiger partial charge in [-0.3, -0.25) is 9.59 Å². The number of aromatic carboxylic acids is 1. The third-order valence-electron chi connectivity index (χ3n) is 7.08. The zero-order valence-corrected chi connectivity index (χ0v) is 20.8. The number of rotatable bonds is 12. The highest BCUT2D eigenvalue weighted by atomic mass is 16.6. The number of unbranched alkanes of at least 4 members (excludes halogenated alkanes) is 2. The highest BCUT2D eigenvalue weighted by molar-refractivity contribution is 5.94. The molecule has 1 aliphatic heterocycles. The Morgan fingerprint density at radius 1 is 1.03 bits per heavy atom.